The van der Waals surface area contributed by atoms with Crippen LogP contribution in [0, 0.1) is 0 Å². The summed E-state index contributed by atoms with van der Waals surface area (Å²) in [6, 6.07) is 0. The molecule has 0 bridgehead atoms. The van der Waals surface area contributed by atoms with Gasteiger partial charge in [-0.15, -0.1) is 0 Å². The van der Waals surface area contributed by atoms with Gasteiger partial charge in [0.25, 0.3) is 0 Å². The molecule has 0 heterocycles. The van der Waals surface area contributed by atoms with Crippen LogP contribution in [0.4, 0.5) is 0 Å². The molecule has 0 amide bonds. The van der Waals surface area contributed by atoms with Crippen LogP contribution < -0.4 is 10.6 Å². The smallest absolute Gasteiger partial charge is 0.191 e. The minimum Gasteiger partial charge on any atom is -0.379 e. The number of guanidine groups is 1. The molecule has 0 rings (SSSR count). The van der Waals surface area contributed by atoms with Gasteiger partial charge in [-0.2, -0.15) is 11.8 Å². The van der Waals surface area contributed by atoms with Crippen LogP contribution in [0.2, 0.25) is 0 Å². The summed E-state index contributed by atoms with van der Waals surface area (Å²) in [6.45, 7) is 6.74. The van der Waals surface area contributed by atoms with Crippen LogP contribution >= 0.6 is 11.8 Å². The Hall–Kier alpha value is -0.460. The van der Waals surface area contributed by atoms with Gasteiger partial charge < -0.3 is 20.1 Å². The number of aliphatic imine (C=N–C) groups is 1. The fourth-order valence-corrected chi connectivity index (χ4v) is 2.10. The zero-order valence-corrected chi connectivity index (χ0v) is 14.8. The molecule has 0 saturated heterocycles. The van der Waals surface area contributed by atoms with Gasteiger partial charge in [-0.25, -0.2) is 0 Å². The van der Waals surface area contributed by atoms with E-state index in [-0.39, 0.29) is 0 Å². The second kappa shape index (κ2) is 17.6. The zero-order valence-electron chi connectivity index (χ0n) is 14.0. The first-order valence-electron chi connectivity index (χ1n) is 7.94. The molecule has 0 saturated carbocycles. The molecule has 0 spiro atoms. The molecule has 21 heavy (non-hydrogen) atoms. The number of ether oxygens (including phenoxy) is 2. The molecular formula is C15H33N3O2S. The Bertz CT molecular complexity index is 241. The van der Waals surface area contributed by atoms with E-state index in [0.29, 0.717) is 19.8 Å². The van der Waals surface area contributed by atoms with Crippen molar-refractivity contribution in [2.45, 2.75) is 32.6 Å². The number of nitrogens with one attached hydrogen (secondary N) is 2. The summed E-state index contributed by atoms with van der Waals surface area (Å²) < 4.78 is 10.9. The van der Waals surface area contributed by atoms with Crippen LogP contribution in [-0.4, -0.2) is 64.5 Å². The van der Waals surface area contributed by atoms with E-state index in [1.807, 2.05) is 11.8 Å². The Morgan fingerprint density at radius 1 is 0.952 bits per heavy atom. The van der Waals surface area contributed by atoms with Gasteiger partial charge in [0.2, 0.25) is 0 Å². The third-order valence-electron chi connectivity index (χ3n) is 2.84. The summed E-state index contributed by atoms with van der Waals surface area (Å²) in [6.07, 6.45) is 6.86. The SMILES string of the molecule is CCCCOCCOCCNC(=NC)NCCCCSC. The molecule has 0 radical (unpaired) electrons. The van der Waals surface area contributed by atoms with E-state index < -0.39 is 0 Å². The summed E-state index contributed by atoms with van der Waals surface area (Å²) >= 11 is 1.89. The second-order valence-corrected chi connectivity index (χ2v) is 5.69. The van der Waals surface area contributed by atoms with E-state index in [1.165, 1.54) is 25.0 Å². The minimum absolute atomic E-state index is 0.659. The van der Waals surface area contributed by atoms with Gasteiger partial charge in [-0.3, -0.25) is 4.99 Å². The van der Waals surface area contributed by atoms with Crippen molar-refractivity contribution >= 4 is 17.7 Å². The molecule has 0 aliphatic carbocycles. The fraction of sp³-hybridized carbons (Fsp3) is 0.933. The molecule has 0 aromatic heterocycles. The number of hydrogen-bond donors (Lipinski definition) is 2. The number of hydrogen-bond acceptors (Lipinski definition) is 4. The van der Waals surface area contributed by atoms with Gasteiger partial charge in [0.1, 0.15) is 0 Å². The molecule has 0 fully saturated rings. The van der Waals surface area contributed by atoms with Crippen molar-refractivity contribution in [1.82, 2.24) is 10.6 Å². The van der Waals surface area contributed by atoms with Crippen LogP contribution in [0.5, 0.6) is 0 Å². The van der Waals surface area contributed by atoms with E-state index in [2.05, 4.69) is 28.8 Å². The molecule has 0 atom stereocenters. The Balaban J connectivity index is 3.31. The average molecular weight is 320 g/mol. The lowest BCUT2D eigenvalue weighted by molar-refractivity contribution is 0.0487. The molecule has 6 heteroatoms. The van der Waals surface area contributed by atoms with Crippen molar-refractivity contribution in [3.05, 3.63) is 0 Å². The number of nitrogens with zero attached hydrogens (tertiary/aromatic N) is 1. The first-order chi connectivity index (χ1) is 10.3. The summed E-state index contributed by atoms with van der Waals surface area (Å²) in [5.74, 6) is 2.07. The highest BCUT2D eigenvalue weighted by atomic mass is 32.2. The maximum atomic E-state index is 5.49. The van der Waals surface area contributed by atoms with Crippen molar-refractivity contribution in [3.63, 3.8) is 0 Å². The first kappa shape index (κ1) is 20.5. The van der Waals surface area contributed by atoms with Gasteiger partial charge in [0.15, 0.2) is 5.96 Å². The Morgan fingerprint density at radius 3 is 2.33 bits per heavy atom. The van der Waals surface area contributed by atoms with Crippen molar-refractivity contribution in [2.75, 3.05) is 58.6 Å². The van der Waals surface area contributed by atoms with E-state index in [0.717, 1.165) is 32.1 Å². The molecule has 0 aromatic carbocycles. The molecule has 2 N–H and O–H groups in total. The Labute approximate surface area is 134 Å². The minimum atomic E-state index is 0.659. The summed E-state index contributed by atoms with van der Waals surface area (Å²) in [7, 11) is 1.79. The Morgan fingerprint density at radius 2 is 1.67 bits per heavy atom. The van der Waals surface area contributed by atoms with E-state index in [9.17, 15) is 0 Å². The largest absolute Gasteiger partial charge is 0.379 e. The third-order valence-corrected chi connectivity index (χ3v) is 3.54. The van der Waals surface area contributed by atoms with Gasteiger partial charge in [0.05, 0.1) is 19.8 Å². The fourth-order valence-electron chi connectivity index (χ4n) is 1.61. The van der Waals surface area contributed by atoms with Gasteiger partial charge >= 0.3 is 0 Å². The highest BCUT2D eigenvalue weighted by Gasteiger charge is 1.96. The summed E-state index contributed by atoms with van der Waals surface area (Å²) in [5.41, 5.74) is 0. The lowest BCUT2D eigenvalue weighted by atomic mass is 10.3. The molecule has 0 unspecified atom stereocenters. The number of rotatable bonds is 14. The molecule has 0 aromatic rings. The van der Waals surface area contributed by atoms with E-state index >= 15 is 0 Å². The predicted molar refractivity (Wildman–Crippen MR) is 93.5 cm³/mol. The first-order valence-corrected chi connectivity index (χ1v) is 9.33. The molecule has 0 aliphatic rings. The lowest BCUT2D eigenvalue weighted by Gasteiger charge is -2.12. The maximum absolute atomic E-state index is 5.49. The van der Waals surface area contributed by atoms with Crippen molar-refractivity contribution in [1.29, 1.82) is 0 Å². The van der Waals surface area contributed by atoms with Gasteiger partial charge in [0, 0.05) is 26.7 Å². The standard InChI is InChI=1S/C15H33N3O2S/c1-4-5-10-19-12-13-20-11-9-18-15(16-2)17-8-6-7-14-21-3/h4-14H2,1-3H3,(H2,16,17,18). The van der Waals surface area contributed by atoms with Crippen LogP contribution in [0.1, 0.15) is 32.6 Å². The summed E-state index contributed by atoms with van der Waals surface area (Å²) in [4.78, 5) is 4.18. The highest BCUT2D eigenvalue weighted by Crippen LogP contribution is 1.97. The second-order valence-electron chi connectivity index (χ2n) is 4.70. The average Bonchev–Trinajstić information content (AvgIpc) is 2.51. The molecule has 0 aliphatic heterocycles. The third kappa shape index (κ3) is 15.7. The van der Waals surface area contributed by atoms with Crippen molar-refractivity contribution in [3.8, 4) is 0 Å². The van der Waals surface area contributed by atoms with Crippen LogP contribution in [0.3, 0.4) is 0 Å². The van der Waals surface area contributed by atoms with E-state index in [4.69, 9.17) is 9.47 Å². The monoisotopic (exact) mass is 319 g/mol. The quantitative estimate of drug-likeness (QED) is 0.292. The van der Waals surface area contributed by atoms with Crippen LogP contribution in [0.25, 0.3) is 0 Å². The number of unbranched alkanes of at least 4 members (excludes halogenated alkanes) is 2. The molecule has 126 valence electrons. The van der Waals surface area contributed by atoms with Crippen molar-refractivity contribution < 1.29 is 9.47 Å². The highest BCUT2D eigenvalue weighted by molar-refractivity contribution is 7.98. The van der Waals surface area contributed by atoms with E-state index in [1.54, 1.807) is 7.05 Å². The number of thioether (sulfide) groups is 1. The van der Waals surface area contributed by atoms with Crippen molar-refractivity contribution in [2.24, 2.45) is 4.99 Å². The van der Waals surface area contributed by atoms with Crippen LogP contribution in [-0.2, 0) is 9.47 Å². The topological polar surface area (TPSA) is 54.9 Å². The molecular weight excluding hydrogens is 286 g/mol. The maximum Gasteiger partial charge on any atom is 0.191 e. The summed E-state index contributed by atoms with van der Waals surface area (Å²) in [5, 5.41) is 6.54. The van der Waals surface area contributed by atoms with Gasteiger partial charge in [-0.05, 0) is 31.3 Å². The van der Waals surface area contributed by atoms with Crippen LogP contribution in [0.15, 0.2) is 4.99 Å². The lowest BCUT2D eigenvalue weighted by Crippen LogP contribution is -2.39. The van der Waals surface area contributed by atoms with Gasteiger partial charge in [-0.1, -0.05) is 13.3 Å². The Kier molecular flexibility index (Phi) is 17.2. The molecule has 5 nitrogen and oxygen atoms in total. The zero-order chi connectivity index (χ0) is 15.6. The predicted octanol–water partition coefficient (Wildman–Crippen LogP) is 2.13. The normalized spacial score (nSPS) is 11.7.